The topological polar surface area (TPSA) is 70.1 Å². The lowest BCUT2D eigenvalue weighted by Crippen LogP contribution is -2.41. The summed E-state index contributed by atoms with van der Waals surface area (Å²) in [6.07, 6.45) is 1.91. The summed E-state index contributed by atoms with van der Waals surface area (Å²) in [6, 6.07) is 11.3. The van der Waals surface area contributed by atoms with Crippen LogP contribution in [0, 0.1) is 6.92 Å². The summed E-state index contributed by atoms with van der Waals surface area (Å²) in [6.45, 7) is 13.4. The van der Waals surface area contributed by atoms with Gasteiger partial charge in [0.25, 0.3) is 0 Å². The zero-order chi connectivity index (χ0) is 26.2. The first-order chi connectivity index (χ1) is 16.9. The minimum absolute atomic E-state index is 0.0431. The van der Waals surface area contributed by atoms with Gasteiger partial charge in [0.1, 0.15) is 18.1 Å². The Kier molecular flexibility index (Phi) is 14.1. The van der Waals surface area contributed by atoms with Gasteiger partial charge in [-0.25, -0.2) is 4.39 Å². The number of pyridine rings is 1. The number of benzene rings is 1. The highest BCUT2D eigenvalue weighted by atomic mass is 19.1. The number of nitrogens with one attached hydrogen (secondary N) is 1. The van der Waals surface area contributed by atoms with Gasteiger partial charge in [0.15, 0.2) is 0 Å². The Morgan fingerprint density at radius 1 is 1.20 bits per heavy atom. The van der Waals surface area contributed by atoms with Gasteiger partial charge in [-0.3, -0.25) is 14.8 Å². The van der Waals surface area contributed by atoms with Crippen molar-refractivity contribution in [2.24, 2.45) is 5.10 Å². The van der Waals surface area contributed by atoms with Crippen LogP contribution in [0.2, 0.25) is 0 Å². The molecule has 1 heterocycles. The van der Waals surface area contributed by atoms with Crippen molar-refractivity contribution < 1.29 is 13.9 Å². The van der Waals surface area contributed by atoms with Crippen LogP contribution in [-0.4, -0.2) is 72.5 Å². The van der Waals surface area contributed by atoms with E-state index in [1.807, 2.05) is 64.6 Å². The maximum absolute atomic E-state index is 13.5. The van der Waals surface area contributed by atoms with E-state index in [0.717, 1.165) is 17.0 Å². The molecule has 1 aromatic carbocycles. The van der Waals surface area contributed by atoms with E-state index in [1.165, 1.54) is 0 Å². The van der Waals surface area contributed by atoms with Crippen LogP contribution < -0.4 is 10.1 Å². The van der Waals surface area contributed by atoms with Gasteiger partial charge in [-0.1, -0.05) is 26.0 Å². The second-order valence-corrected chi connectivity index (χ2v) is 7.98. The number of ether oxygens (including phenoxy) is 1. The molecule has 0 bridgehead atoms. The number of aromatic nitrogens is 1. The van der Waals surface area contributed by atoms with Crippen molar-refractivity contribution in [1.82, 2.24) is 14.9 Å². The number of nitrogens with zero attached hydrogens (tertiary/aromatic N) is 4. The zero-order valence-electron chi connectivity index (χ0n) is 22.3. The lowest BCUT2D eigenvalue weighted by atomic mass is 10.2. The molecule has 0 aliphatic carbocycles. The quantitative estimate of drug-likeness (QED) is 0.312. The molecule has 0 saturated heterocycles. The van der Waals surface area contributed by atoms with E-state index >= 15 is 0 Å². The summed E-state index contributed by atoms with van der Waals surface area (Å²) in [5.74, 6) is 0.872. The fourth-order valence-electron chi connectivity index (χ4n) is 3.42. The van der Waals surface area contributed by atoms with Crippen LogP contribution >= 0.6 is 0 Å². The number of aryl methyl sites for hydroxylation is 1. The third-order valence-electron chi connectivity index (χ3n) is 5.33. The summed E-state index contributed by atoms with van der Waals surface area (Å²) in [5.41, 5.74) is 2.80. The third-order valence-corrected chi connectivity index (χ3v) is 5.33. The molecule has 0 aliphatic rings. The molecule has 0 spiro atoms. The molecule has 1 N–H and O–H groups in total. The molecule has 1 amide bonds. The van der Waals surface area contributed by atoms with Gasteiger partial charge in [0.2, 0.25) is 5.91 Å². The highest BCUT2D eigenvalue weighted by Gasteiger charge is 2.18. The van der Waals surface area contributed by atoms with Crippen molar-refractivity contribution in [1.29, 1.82) is 0 Å². The predicted octanol–water partition coefficient (Wildman–Crippen LogP) is 5.16. The Balaban J connectivity index is 0.00000298. The third kappa shape index (κ3) is 9.92. The Morgan fingerprint density at radius 2 is 1.94 bits per heavy atom. The van der Waals surface area contributed by atoms with Crippen LogP contribution in [0.25, 0.3) is 0 Å². The van der Waals surface area contributed by atoms with Crippen molar-refractivity contribution in [3.05, 3.63) is 53.9 Å². The largest absolute Gasteiger partial charge is 0.496 e. The monoisotopic (exact) mass is 487 g/mol. The minimum Gasteiger partial charge on any atom is -0.496 e. The first-order valence-electron chi connectivity index (χ1n) is 12.4. The van der Waals surface area contributed by atoms with Crippen molar-refractivity contribution in [3.8, 4) is 5.75 Å². The number of rotatable bonds is 13. The molecule has 0 radical (unpaired) electrons. The Bertz CT molecular complexity index is 906. The van der Waals surface area contributed by atoms with E-state index in [4.69, 9.17) is 4.74 Å². The summed E-state index contributed by atoms with van der Waals surface area (Å²) in [4.78, 5) is 19.0. The molecular formula is C27H42FN5O2. The standard InChI is InChI=1S/C25H36FN5O2.C2H6/c1-6-30(29-23(18-26)22-9-7-8-13-28-22)15-12-25(32)31(19(2)3)16-14-27-21-11-10-20(4)24(17-21)33-5;1-2/h7-11,13,17,19,27H,6,12,14-16,18H2,1-5H3;1-2H3/b29-23+;. The molecule has 2 aromatic rings. The number of hydrazone groups is 1. The van der Waals surface area contributed by atoms with Gasteiger partial charge in [-0.15, -0.1) is 0 Å². The normalized spacial score (nSPS) is 10.9. The van der Waals surface area contributed by atoms with Crippen molar-refractivity contribution in [2.45, 2.75) is 54.0 Å². The average molecular weight is 488 g/mol. The average Bonchev–Trinajstić information content (AvgIpc) is 2.89. The van der Waals surface area contributed by atoms with Gasteiger partial charge in [0.05, 0.1) is 12.8 Å². The molecule has 0 saturated carbocycles. The molecule has 35 heavy (non-hydrogen) atoms. The highest BCUT2D eigenvalue weighted by molar-refractivity contribution is 5.99. The van der Waals surface area contributed by atoms with E-state index in [2.05, 4.69) is 15.4 Å². The van der Waals surface area contributed by atoms with Crippen molar-refractivity contribution >= 4 is 17.3 Å². The number of methoxy groups -OCH3 is 1. The zero-order valence-corrected chi connectivity index (χ0v) is 22.3. The SMILES string of the molecule is CC.CCN(CCC(=O)N(CCNc1ccc(C)c(OC)c1)C(C)C)/N=C(\CF)c1ccccn1. The van der Waals surface area contributed by atoms with E-state index in [9.17, 15) is 9.18 Å². The molecule has 1 aromatic heterocycles. The van der Waals surface area contributed by atoms with Gasteiger partial charge in [-0.2, -0.15) is 5.10 Å². The van der Waals surface area contributed by atoms with E-state index in [1.54, 1.807) is 36.5 Å². The van der Waals surface area contributed by atoms with Crippen LogP contribution in [0.1, 0.15) is 52.3 Å². The molecule has 7 nitrogen and oxygen atoms in total. The van der Waals surface area contributed by atoms with E-state index < -0.39 is 6.67 Å². The summed E-state index contributed by atoms with van der Waals surface area (Å²) in [5, 5.41) is 9.48. The van der Waals surface area contributed by atoms with Crippen molar-refractivity contribution in [2.75, 3.05) is 45.3 Å². The molecule has 0 unspecified atom stereocenters. The number of hydrogen-bond donors (Lipinski definition) is 1. The van der Waals surface area contributed by atoms with E-state index in [-0.39, 0.29) is 17.7 Å². The van der Waals surface area contributed by atoms with Gasteiger partial charge >= 0.3 is 0 Å². The Hall–Kier alpha value is -3.16. The number of amides is 1. The number of carbonyl (C=O) groups excluding carboxylic acids is 1. The molecule has 8 heteroatoms. The van der Waals surface area contributed by atoms with E-state index in [0.29, 0.717) is 38.3 Å². The molecule has 0 atom stereocenters. The van der Waals surface area contributed by atoms with Gasteiger partial charge in [0, 0.05) is 56.6 Å². The number of carbonyl (C=O) groups is 1. The van der Waals surface area contributed by atoms with Crippen molar-refractivity contribution in [3.63, 3.8) is 0 Å². The number of anilines is 1. The summed E-state index contributed by atoms with van der Waals surface area (Å²) >= 11 is 0. The predicted molar refractivity (Wildman–Crippen MR) is 143 cm³/mol. The van der Waals surface area contributed by atoms with Crippen LogP contribution in [-0.2, 0) is 4.79 Å². The maximum Gasteiger partial charge on any atom is 0.224 e. The highest BCUT2D eigenvalue weighted by Crippen LogP contribution is 2.22. The fourth-order valence-corrected chi connectivity index (χ4v) is 3.42. The fraction of sp³-hybridized carbons (Fsp3) is 0.519. The molecular weight excluding hydrogens is 445 g/mol. The van der Waals surface area contributed by atoms with Gasteiger partial charge in [-0.05, 0) is 51.5 Å². The second kappa shape index (κ2) is 16.5. The number of hydrogen-bond acceptors (Lipinski definition) is 6. The molecule has 2 rings (SSSR count). The van der Waals surface area contributed by atoms with Crippen LogP contribution in [0.15, 0.2) is 47.7 Å². The molecule has 0 aliphatic heterocycles. The van der Waals surface area contributed by atoms with Crippen LogP contribution in [0.4, 0.5) is 10.1 Å². The molecule has 0 fully saturated rings. The number of alkyl halides is 1. The summed E-state index contributed by atoms with van der Waals surface area (Å²) < 4.78 is 18.9. The first kappa shape index (κ1) is 29.9. The summed E-state index contributed by atoms with van der Waals surface area (Å²) in [7, 11) is 1.65. The second-order valence-electron chi connectivity index (χ2n) is 7.98. The lowest BCUT2D eigenvalue weighted by molar-refractivity contribution is -0.133. The number of halogens is 1. The Labute approximate surface area is 210 Å². The minimum atomic E-state index is -0.713. The maximum atomic E-state index is 13.5. The Morgan fingerprint density at radius 3 is 2.51 bits per heavy atom. The molecule has 194 valence electrons. The smallest absolute Gasteiger partial charge is 0.224 e. The van der Waals surface area contributed by atoms with Crippen LogP contribution in [0.3, 0.4) is 0 Å². The van der Waals surface area contributed by atoms with Crippen LogP contribution in [0.5, 0.6) is 5.75 Å². The van der Waals surface area contributed by atoms with Gasteiger partial charge < -0.3 is 15.0 Å². The lowest BCUT2D eigenvalue weighted by Gasteiger charge is -2.28. The first-order valence-corrected chi connectivity index (χ1v) is 12.4.